The van der Waals surface area contributed by atoms with Crippen LogP contribution in [0.5, 0.6) is 17.2 Å². The lowest BCUT2D eigenvalue weighted by Gasteiger charge is -2.56. The molecule has 8 N–H and O–H groups in total. The lowest BCUT2D eigenvalue weighted by molar-refractivity contribution is -0.183. The normalized spacial score (nSPS) is 35.2. The van der Waals surface area contributed by atoms with Crippen LogP contribution in [-0.2, 0) is 30.3 Å². The standard InChI is InChI=1S/C65H93N3O11S2/c1-40(2)30-43(31-42-13-16-47(71)17-14-42)35-67-52-37-80-81-39-62(4,76)34-45-11-9-10-44-32-50-51(63(38-69)23-7-8-24-63)36-77-60-54(73)21-19-49(58(50)60)59(44)64(26-28-66-29-27-64)56(33-55(78-41(3)70)48(45)18-20-53(52)72)79-61(75)65-25-6-5-12-46(65)15-22-57(74)68-65/h13-14,16-17,19,21,40,43-46,48,50-53,55-56,59,66-67,69,71-73,76H,5-8,11-12,15,18,20,22-39H2,1-4H3,(H,68,74). The highest BCUT2D eigenvalue weighted by atomic mass is 33.1. The zero-order chi connectivity index (χ0) is 57.1. The quantitative estimate of drug-likeness (QED) is 0.0564. The Morgan fingerprint density at radius 3 is 2.44 bits per heavy atom. The number of benzene rings is 2. The molecule has 2 aromatic rings. The van der Waals surface area contributed by atoms with Gasteiger partial charge in [0.05, 0.1) is 18.3 Å². The molecule has 2 aromatic carbocycles. The first-order chi connectivity index (χ1) is 38.9. The van der Waals surface area contributed by atoms with E-state index in [4.69, 9.17) is 14.2 Å². The zero-order valence-corrected chi connectivity index (χ0v) is 50.2. The number of hydrogen-bond donors (Lipinski definition) is 8. The number of amides is 1. The van der Waals surface area contributed by atoms with Crippen molar-refractivity contribution >= 4 is 39.4 Å². The van der Waals surface area contributed by atoms with Gasteiger partial charge < -0.3 is 55.7 Å². The molecule has 5 fully saturated rings. The number of aliphatic hydroxyl groups excluding tert-OH is 2. The van der Waals surface area contributed by atoms with Gasteiger partial charge >= 0.3 is 11.9 Å². The minimum Gasteiger partial charge on any atom is -0.508 e. The van der Waals surface area contributed by atoms with Gasteiger partial charge in [0, 0.05) is 90.4 Å². The van der Waals surface area contributed by atoms with Gasteiger partial charge in [-0.3, -0.25) is 9.59 Å². The van der Waals surface area contributed by atoms with Gasteiger partial charge in [0.2, 0.25) is 5.91 Å². The molecule has 0 aromatic heterocycles. The van der Waals surface area contributed by atoms with Crippen molar-refractivity contribution in [2.24, 2.45) is 52.3 Å². The largest absolute Gasteiger partial charge is 0.508 e. The van der Waals surface area contributed by atoms with Gasteiger partial charge in [-0.15, -0.1) is 5.92 Å². The Bertz CT molecular complexity index is 2580. The topological polar surface area (TPSA) is 216 Å². The minimum atomic E-state index is -1.20. The Balaban J connectivity index is 1.08. The summed E-state index contributed by atoms with van der Waals surface area (Å²) in [5.74, 6) is 7.76. The predicted octanol–water partition coefficient (Wildman–Crippen LogP) is 9.47. The third kappa shape index (κ3) is 13.1. The van der Waals surface area contributed by atoms with Gasteiger partial charge in [0.1, 0.15) is 23.5 Å². The van der Waals surface area contributed by atoms with E-state index in [-0.39, 0.29) is 83.3 Å². The maximum Gasteiger partial charge on any atom is 0.332 e. The summed E-state index contributed by atoms with van der Waals surface area (Å²) in [5.41, 5.74) is -0.355. The van der Waals surface area contributed by atoms with E-state index in [1.165, 1.54) is 6.92 Å². The summed E-state index contributed by atoms with van der Waals surface area (Å²) in [4.78, 5) is 43.3. The number of nitrogens with one attached hydrogen (secondary N) is 3. The van der Waals surface area contributed by atoms with Gasteiger partial charge in [-0.1, -0.05) is 85.2 Å². The number of piperidine rings is 2. The zero-order valence-electron chi connectivity index (χ0n) is 48.6. The van der Waals surface area contributed by atoms with Crippen LogP contribution in [0.4, 0.5) is 0 Å². The van der Waals surface area contributed by atoms with Gasteiger partial charge in [-0.25, -0.2) is 4.79 Å². The Kier molecular flexibility index (Phi) is 19.3. The number of fused-ring (bicyclic) bond motifs is 5. The molecular formula is C65H93N3O11S2. The van der Waals surface area contributed by atoms with Crippen molar-refractivity contribution in [3.05, 3.63) is 53.1 Å². The maximum atomic E-state index is 15.8. The van der Waals surface area contributed by atoms with Gasteiger partial charge in [-0.2, -0.15) is 0 Å². The number of carbonyl (C=O) groups excluding carboxylic acids is 3. The molecule has 10 rings (SSSR count). The Morgan fingerprint density at radius 1 is 0.938 bits per heavy atom. The molecule has 446 valence electrons. The van der Waals surface area contributed by atoms with Crippen molar-refractivity contribution in [1.29, 1.82) is 0 Å². The number of phenols is 2. The first-order valence-corrected chi connectivity index (χ1v) is 33.6. The summed E-state index contributed by atoms with van der Waals surface area (Å²) in [6, 6.07) is 10.9. The van der Waals surface area contributed by atoms with Crippen LogP contribution in [0.2, 0.25) is 0 Å². The maximum absolute atomic E-state index is 15.8. The number of rotatable bonds is 12. The van der Waals surface area contributed by atoms with Crippen LogP contribution in [0.3, 0.4) is 0 Å². The molecule has 3 saturated heterocycles. The monoisotopic (exact) mass is 1160 g/mol. The first kappa shape index (κ1) is 60.4. The molecule has 1 spiro atoms. The second-order valence-corrected chi connectivity index (χ2v) is 29.5. The summed E-state index contributed by atoms with van der Waals surface area (Å²) in [6.07, 6.45) is 10.8. The Labute approximate surface area is 489 Å². The van der Waals surface area contributed by atoms with Crippen molar-refractivity contribution in [1.82, 2.24) is 16.0 Å². The van der Waals surface area contributed by atoms with Crippen molar-refractivity contribution in [2.75, 3.05) is 44.4 Å². The van der Waals surface area contributed by atoms with Crippen LogP contribution >= 0.6 is 21.6 Å². The summed E-state index contributed by atoms with van der Waals surface area (Å²) in [5, 5.41) is 68.9. The fourth-order valence-corrected chi connectivity index (χ4v) is 20.0. The van der Waals surface area contributed by atoms with E-state index in [0.717, 1.165) is 74.5 Å². The molecule has 0 radical (unpaired) electrons. The first-order valence-electron chi connectivity index (χ1n) is 31.1. The third-order valence-corrected chi connectivity index (χ3v) is 23.7. The number of aliphatic hydroxyl groups is 3. The van der Waals surface area contributed by atoms with E-state index in [1.54, 1.807) is 39.8 Å². The van der Waals surface area contributed by atoms with Crippen molar-refractivity contribution < 1.29 is 54.1 Å². The summed E-state index contributed by atoms with van der Waals surface area (Å²) >= 11 is 0. The smallest absolute Gasteiger partial charge is 0.332 e. The van der Waals surface area contributed by atoms with Crippen LogP contribution < -0.4 is 20.7 Å². The molecule has 8 aliphatic rings. The van der Waals surface area contributed by atoms with Gasteiger partial charge in [0.25, 0.3) is 0 Å². The molecule has 14 unspecified atom stereocenters. The summed E-state index contributed by atoms with van der Waals surface area (Å²) in [6.45, 7) is 10.1. The van der Waals surface area contributed by atoms with Crippen LogP contribution in [-0.4, -0.2) is 123 Å². The number of aromatic hydroxyl groups is 2. The fourth-order valence-electron chi connectivity index (χ4n) is 17.2. The predicted molar refractivity (Wildman–Crippen MR) is 317 cm³/mol. The van der Waals surface area contributed by atoms with Crippen LogP contribution in [0.1, 0.15) is 178 Å². The highest BCUT2D eigenvalue weighted by molar-refractivity contribution is 8.76. The van der Waals surface area contributed by atoms with Crippen molar-refractivity contribution in [3.63, 3.8) is 0 Å². The molecule has 4 aliphatic carbocycles. The third-order valence-electron chi connectivity index (χ3n) is 21.1. The van der Waals surface area contributed by atoms with E-state index < -0.39 is 52.7 Å². The molecule has 4 aliphatic heterocycles. The van der Waals surface area contributed by atoms with Crippen LogP contribution in [0.15, 0.2) is 36.4 Å². The second kappa shape index (κ2) is 25.9. The Morgan fingerprint density at radius 2 is 1.70 bits per heavy atom. The molecule has 14 atom stereocenters. The van der Waals surface area contributed by atoms with E-state index in [9.17, 15) is 35.1 Å². The SMILES string of the molecule is CC(=O)OC1CC(OC(=O)C23CCCCC2CCC(=O)N3)C2(CCNCC2)C2c3ccc(O)c4c3C(CC2C#CCC2CC(C)(O)CSSCC(NCC(Cc3ccc(O)cc3)CC(C)C)C(O)CCC21)C(C1(CO)CCCC1)CO4. The summed E-state index contributed by atoms with van der Waals surface area (Å²) in [7, 11) is 3.27. The van der Waals surface area contributed by atoms with E-state index in [1.807, 2.05) is 19.1 Å². The second-order valence-electron chi connectivity index (χ2n) is 27.0. The van der Waals surface area contributed by atoms with Gasteiger partial charge in [-0.05, 0) is 169 Å². The molecule has 16 heteroatoms. The van der Waals surface area contributed by atoms with Crippen molar-refractivity contribution in [2.45, 2.75) is 203 Å². The van der Waals surface area contributed by atoms with Crippen LogP contribution in [0, 0.1) is 64.1 Å². The number of esters is 2. The number of phenolic OH excluding ortho intramolecular Hbond substituents is 2. The highest BCUT2D eigenvalue weighted by Gasteiger charge is 2.60. The van der Waals surface area contributed by atoms with Gasteiger partial charge in [0.15, 0.2) is 11.5 Å². The molecular weight excluding hydrogens is 1060 g/mol. The van der Waals surface area contributed by atoms with E-state index in [0.29, 0.717) is 114 Å². The average molecular weight is 1160 g/mol. The average Bonchev–Trinajstić information content (AvgIpc) is 3.64. The Hall–Kier alpha value is -3.69. The number of ether oxygens (including phenoxy) is 3. The fraction of sp³-hybridized carbons (Fsp3) is 0.738. The molecule has 4 heterocycles. The van der Waals surface area contributed by atoms with E-state index in [2.05, 4.69) is 47.7 Å². The van der Waals surface area contributed by atoms with Crippen molar-refractivity contribution in [3.8, 4) is 29.1 Å². The molecule has 0 bridgehead atoms. The lowest BCUT2D eigenvalue weighted by atomic mass is 9.51. The highest BCUT2D eigenvalue weighted by Crippen LogP contribution is 2.65. The molecule has 81 heavy (non-hydrogen) atoms. The number of carbonyl (C=O) groups is 3. The molecule has 2 saturated carbocycles. The summed E-state index contributed by atoms with van der Waals surface area (Å²) < 4.78 is 20.8. The molecule has 1 amide bonds. The lowest BCUT2D eigenvalue weighted by Crippen LogP contribution is -2.65. The minimum absolute atomic E-state index is 0.0200. The molecule has 14 nitrogen and oxygen atoms in total. The number of hydrogen-bond acceptors (Lipinski definition) is 15. The van der Waals surface area contributed by atoms with E-state index >= 15 is 4.79 Å². The van der Waals surface area contributed by atoms with Crippen LogP contribution in [0.25, 0.3) is 0 Å².